The van der Waals surface area contributed by atoms with Crippen molar-refractivity contribution < 1.29 is 13.2 Å². The Kier molecular flexibility index (Phi) is 5.83. The molecule has 146 valence electrons. The van der Waals surface area contributed by atoms with Gasteiger partial charge in [0.25, 0.3) is 5.91 Å². The maximum atomic E-state index is 13.0. The molecule has 1 amide bonds. The Morgan fingerprint density at radius 1 is 1.22 bits per heavy atom. The summed E-state index contributed by atoms with van der Waals surface area (Å²) in [4.78, 5) is 19.2. The predicted octanol–water partition coefficient (Wildman–Crippen LogP) is 2.94. The fourth-order valence-electron chi connectivity index (χ4n) is 3.07. The number of amides is 1. The number of carbonyl (C=O) groups is 1. The number of rotatable bonds is 5. The zero-order valence-electron chi connectivity index (χ0n) is 15.7. The van der Waals surface area contributed by atoms with Gasteiger partial charge in [-0.1, -0.05) is 6.42 Å². The van der Waals surface area contributed by atoms with Crippen molar-refractivity contribution in [3.8, 4) is 0 Å². The fraction of sp³-hybridized carbons (Fsp3) is 0.444. The minimum absolute atomic E-state index is 0.200. The van der Waals surface area contributed by atoms with Gasteiger partial charge in [0.2, 0.25) is 10.0 Å². The Labute approximate surface area is 164 Å². The summed E-state index contributed by atoms with van der Waals surface area (Å²) in [5.41, 5.74) is 1.20. The number of aromatic nitrogens is 1. The molecule has 27 heavy (non-hydrogen) atoms. The van der Waals surface area contributed by atoms with Crippen molar-refractivity contribution in [2.24, 2.45) is 0 Å². The van der Waals surface area contributed by atoms with Crippen LogP contribution in [0.2, 0.25) is 0 Å². The van der Waals surface area contributed by atoms with Crippen molar-refractivity contribution in [1.29, 1.82) is 0 Å². The van der Waals surface area contributed by atoms with Crippen LogP contribution in [-0.4, -0.2) is 50.8 Å². The SMILES string of the molecule is Cc1ncc(C(=O)Nc2cc(S(=O)(=O)N3CCCCC3)ccc2N(C)C)s1. The minimum atomic E-state index is -3.57. The molecule has 1 aromatic heterocycles. The molecular weight excluding hydrogens is 384 g/mol. The van der Waals surface area contributed by atoms with E-state index < -0.39 is 10.0 Å². The highest BCUT2D eigenvalue weighted by Crippen LogP contribution is 2.30. The number of thiazole rings is 1. The first kappa shape index (κ1) is 19.8. The van der Waals surface area contributed by atoms with Crippen molar-refractivity contribution in [1.82, 2.24) is 9.29 Å². The zero-order valence-corrected chi connectivity index (χ0v) is 17.4. The van der Waals surface area contributed by atoms with E-state index in [1.165, 1.54) is 21.8 Å². The fourth-order valence-corrected chi connectivity index (χ4v) is 5.29. The lowest BCUT2D eigenvalue weighted by atomic mass is 10.2. The normalized spacial score (nSPS) is 15.5. The summed E-state index contributed by atoms with van der Waals surface area (Å²) in [5, 5.41) is 3.64. The van der Waals surface area contributed by atoms with Crippen LogP contribution in [0.5, 0.6) is 0 Å². The molecule has 0 aliphatic carbocycles. The second-order valence-corrected chi connectivity index (χ2v) is 9.91. The third-order valence-electron chi connectivity index (χ3n) is 4.50. The molecule has 2 heterocycles. The number of carbonyl (C=O) groups excluding carboxylic acids is 1. The monoisotopic (exact) mass is 408 g/mol. The highest BCUT2D eigenvalue weighted by atomic mass is 32.2. The molecule has 3 rings (SSSR count). The third-order valence-corrected chi connectivity index (χ3v) is 7.30. The average molecular weight is 409 g/mol. The molecule has 1 saturated heterocycles. The van der Waals surface area contributed by atoms with Gasteiger partial charge in [-0.2, -0.15) is 4.31 Å². The van der Waals surface area contributed by atoms with Gasteiger partial charge in [0.1, 0.15) is 4.88 Å². The first-order valence-electron chi connectivity index (χ1n) is 8.84. The van der Waals surface area contributed by atoms with Crippen LogP contribution in [0.1, 0.15) is 33.9 Å². The van der Waals surface area contributed by atoms with Gasteiger partial charge in [-0.3, -0.25) is 4.79 Å². The predicted molar refractivity (Wildman–Crippen MR) is 108 cm³/mol. The molecule has 0 radical (unpaired) electrons. The first-order chi connectivity index (χ1) is 12.8. The maximum Gasteiger partial charge on any atom is 0.267 e. The number of sulfonamides is 1. The van der Waals surface area contributed by atoms with Crippen LogP contribution in [0.3, 0.4) is 0 Å². The summed E-state index contributed by atoms with van der Waals surface area (Å²) in [6.07, 6.45) is 4.34. The smallest absolute Gasteiger partial charge is 0.267 e. The zero-order chi connectivity index (χ0) is 19.6. The molecule has 7 nitrogen and oxygen atoms in total. The standard InChI is InChI=1S/C18H24N4O3S2/c1-13-19-12-17(26-13)18(23)20-15-11-14(7-8-16(15)21(2)3)27(24,25)22-9-5-4-6-10-22/h7-8,11-12H,4-6,9-10H2,1-3H3,(H,20,23). The van der Waals surface area contributed by atoms with E-state index in [0.29, 0.717) is 23.7 Å². The van der Waals surface area contributed by atoms with E-state index in [-0.39, 0.29) is 10.8 Å². The molecule has 0 atom stereocenters. The molecular formula is C18H24N4O3S2. The Hall–Kier alpha value is -1.97. The molecule has 1 fully saturated rings. The molecule has 0 spiro atoms. The molecule has 1 aliphatic heterocycles. The van der Waals surface area contributed by atoms with Gasteiger partial charge in [0, 0.05) is 27.2 Å². The van der Waals surface area contributed by atoms with Crippen molar-refractivity contribution in [2.75, 3.05) is 37.4 Å². The Morgan fingerprint density at radius 3 is 2.52 bits per heavy atom. The van der Waals surface area contributed by atoms with Crippen molar-refractivity contribution in [3.63, 3.8) is 0 Å². The number of hydrogen-bond acceptors (Lipinski definition) is 6. The highest BCUT2D eigenvalue weighted by Gasteiger charge is 2.27. The van der Waals surface area contributed by atoms with Crippen molar-refractivity contribution >= 4 is 38.6 Å². The van der Waals surface area contributed by atoms with E-state index in [1.807, 2.05) is 25.9 Å². The van der Waals surface area contributed by atoms with Gasteiger partial charge in [0.05, 0.1) is 27.5 Å². The van der Waals surface area contributed by atoms with Crippen LogP contribution >= 0.6 is 11.3 Å². The summed E-state index contributed by atoms with van der Waals surface area (Å²) >= 11 is 1.30. The van der Waals surface area contributed by atoms with E-state index in [9.17, 15) is 13.2 Å². The van der Waals surface area contributed by atoms with Gasteiger partial charge in [0.15, 0.2) is 0 Å². The number of nitrogens with zero attached hydrogens (tertiary/aromatic N) is 3. The quantitative estimate of drug-likeness (QED) is 0.822. The van der Waals surface area contributed by atoms with E-state index in [1.54, 1.807) is 18.2 Å². The number of benzene rings is 1. The summed E-state index contributed by atoms with van der Waals surface area (Å²) in [6, 6.07) is 4.88. The van der Waals surface area contributed by atoms with Crippen LogP contribution < -0.4 is 10.2 Å². The molecule has 0 bridgehead atoms. The first-order valence-corrected chi connectivity index (χ1v) is 11.1. The van der Waals surface area contributed by atoms with Crippen LogP contribution in [-0.2, 0) is 10.0 Å². The van der Waals surface area contributed by atoms with E-state index in [4.69, 9.17) is 0 Å². The topological polar surface area (TPSA) is 82.6 Å². The Bertz CT molecular complexity index is 932. The lowest BCUT2D eigenvalue weighted by Gasteiger charge is -2.26. The van der Waals surface area contributed by atoms with Gasteiger partial charge in [-0.05, 0) is 38.0 Å². The highest BCUT2D eigenvalue weighted by molar-refractivity contribution is 7.89. The minimum Gasteiger partial charge on any atom is -0.376 e. The molecule has 1 aliphatic rings. The van der Waals surface area contributed by atoms with Gasteiger partial charge < -0.3 is 10.2 Å². The summed E-state index contributed by atoms with van der Waals surface area (Å²) < 4.78 is 27.5. The Balaban J connectivity index is 1.94. The second-order valence-electron chi connectivity index (χ2n) is 6.74. The van der Waals surface area contributed by atoms with Crippen LogP contribution in [0, 0.1) is 6.92 Å². The molecule has 0 unspecified atom stereocenters. The van der Waals surface area contributed by atoms with E-state index >= 15 is 0 Å². The summed E-state index contributed by atoms with van der Waals surface area (Å²) in [5.74, 6) is -0.295. The van der Waals surface area contributed by atoms with Crippen molar-refractivity contribution in [2.45, 2.75) is 31.1 Å². The number of nitrogens with one attached hydrogen (secondary N) is 1. The second kappa shape index (κ2) is 7.95. The lowest BCUT2D eigenvalue weighted by molar-refractivity contribution is 0.103. The third kappa shape index (κ3) is 4.31. The molecule has 1 aromatic carbocycles. The molecule has 0 saturated carbocycles. The number of anilines is 2. The number of hydrogen-bond donors (Lipinski definition) is 1. The molecule has 9 heteroatoms. The Morgan fingerprint density at radius 2 is 1.93 bits per heavy atom. The average Bonchev–Trinajstić information content (AvgIpc) is 3.08. The van der Waals surface area contributed by atoms with Crippen LogP contribution in [0.4, 0.5) is 11.4 Å². The summed E-state index contributed by atoms with van der Waals surface area (Å²) in [6.45, 7) is 2.91. The van der Waals surface area contributed by atoms with Crippen LogP contribution in [0.25, 0.3) is 0 Å². The van der Waals surface area contributed by atoms with Gasteiger partial charge in [-0.15, -0.1) is 11.3 Å². The van der Waals surface area contributed by atoms with Crippen molar-refractivity contribution in [3.05, 3.63) is 34.3 Å². The summed E-state index contributed by atoms with van der Waals surface area (Å²) in [7, 11) is 0.126. The molecule has 2 aromatic rings. The molecule has 1 N–H and O–H groups in total. The van der Waals surface area contributed by atoms with E-state index in [2.05, 4.69) is 10.3 Å². The van der Waals surface area contributed by atoms with Gasteiger partial charge >= 0.3 is 0 Å². The van der Waals surface area contributed by atoms with Crippen LogP contribution in [0.15, 0.2) is 29.3 Å². The van der Waals surface area contributed by atoms with E-state index in [0.717, 1.165) is 30.0 Å². The maximum absolute atomic E-state index is 13.0. The number of piperidine rings is 1. The number of aryl methyl sites for hydroxylation is 1. The largest absolute Gasteiger partial charge is 0.376 e. The van der Waals surface area contributed by atoms with Gasteiger partial charge in [-0.25, -0.2) is 13.4 Å². The lowest BCUT2D eigenvalue weighted by Crippen LogP contribution is -2.35.